The van der Waals surface area contributed by atoms with Crippen LogP contribution in [-0.2, 0) is 30.6 Å². The number of rotatable bonds is 11. The van der Waals surface area contributed by atoms with Crippen LogP contribution in [0.3, 0.4) is 0 Å². The highest BCUT2D eigenvalue weighted by atomic mass is 32.2. The van der Waals surface area contributed by atoms with E-state index in [4.69, 9.17) is 15.7 Å². The molecule has 0 bridgehead atoms. The molecule has 38 heavy (non-hydrogen) atoms. The number of carboxylic acids is 2. The van der Waals surface area contributed by atoms with Crippen LogP contribution in [0.25, 0.3) is 0 Å². The maximum atomic E-state index is 13.0. The number of hydrogen-bond acceptors (Lipinski definition) is 11. The average Bonchev–Trinajstić information content (AvgIpc) is 3.31. The van der Waals surface area contributed by atoms with Gasteiger partial charge in [0.05, 0.1) is 0 Å². The van der Waals surface area contributed by atoms with Gasteiger partial charge in [-0.2, -0.15) is 4.57 Å². The number of carbonyl (C=O) groups is 4. The lowest BCUT2D eigenvalue weighted by molar-refractivity contribution is -0.686. The molecule has 2 aliphatic rings. The molecule has 0 spiro atoms. The number of oxime groups is 1. The number of β-lactam (4-membered cyclic amide) rings is 1. The van der Waals surface area contributed by atoms with Gasteiger partial charge in [-0.05, 0) is 12.5 Å². The van der Waals surface area contributed by atoms with Crippen molar-refractivity contribution < 1.29 is 38.8 Å². The number of pyridine rings is 1. The molecule has 2 aromatic heterocycles. The van der Waals surface area contributed by atoms with Crippen molar-refractivity contribution in [3.05, 3.63) is 46.9 Å². The number of aliphatic carboxylic acids is 2. The number of thioether (sulfide) groups is 2. The monoisotopic (exact) mass is 579 g/mol. The number of amides is 2. The molecule has 4 heterocycles. The number of anilines is 1. The Morgan fingerprint density at radius 2 is 2.08 bits per heavy atom. The first kappa shape index (κ1) is 27.4. The van der Waals surface area contributed by atoms with E-state index in [1.54, 1.807) is 36.8 Å². The summed E-state index contributed by atoms with van der Waals surface area (Å²) >= 11 is 3.85. The second-order valence-electron chi connectivity index (χ2n) is 7.94. The SMILES string of the molecule is CCON=C(C(=O)NC1C(=O)N2C(C(=O)O)=C(CSc3cc[n+](CC(=O)O)cc3)CS[C@H]12)c1csc(N)n1. The second-order valence-corrected chi connectivity index (χ2v) is 11.0. The number of nitrogens with zero attached hydrogens (tertiary/aromatic N) is 4. The van der Waals surface area contributed by atoms with E-state index in [-0.39, 0.29) is 35.4 Å². The smallest absolute Gasteiger partial charge is 0.370 e. The van der Waals surface area contributed by atoms with E-state index >= 15 is 0 Å². The summed E-state index contributed by atoms with van der Waals surface area (Å²) in [5.41, 5.74) is 6.22. The molecule has 2 aliphatic heterocycles. The van der Waals surface area contributed by atoms with Gasteiger partial charge in [-0.15, -0.1) is 34.9 Å². The first-order valence-electron chi connectivity index (χ1n) is 11.2. The first-order valence-corrected chi connectivity index (χ1v) is 14.1. The van der Waals surface area contributed by atoms with Gasteiger partial charge in [-0.25, -0.2) is 14.6 Å². The Balaban J connectivity index is 1.45. The van der Waals surface area contributed by atoms with Gasteiger partial charge in [0.15, 0.2) is 23.2 Å². The van der Waals surface area contributed by atoms with Crippen molar-refractivity contribution in [2.24, 2.45) is 5.16 Å². The van der Waals surface area contributed by atoms with Crippen molar-refractivity contribution in [1.29, 1.82) is 0 Å². The number of carbonyl (C=O) groups excluding carboxylic acids is 2. The first-order chi connectivity index (χ1) is 18.2. The molecule has 5 N–H and O–H groups in total. The molecule has 1 unspecified atom stereocenters. The van der Waals surface area contributed by atoms with Crippen molar-refractivity contribution >= 4 is 69.5 Å². The van der Waals surface area contributed by atoms with Crippen molar-refractivity contribution in [3.8, 4) is 0 Å². The average molecular weight is 580 g/mol. The fraction of sp³-hybridized carbons (Fsp3) is 0.318. The Hall–Kier alpha value is -3.63. The molecule has 0 radical (unpaired) electrons. The van der Waals surface area contributed by atoms with Crippen LogP contribution in [0, 0.1) is 0 Å². The van der Waals surface area contributed by atoms with Crippen LogP contribution in [0.15, 0.2) is 51.2 Å². The minimum absolute atomic E-state index is 0.0934. The van der Waals surface area contributed by atoms with E-state index in [9.17, 15) is 24.3 Å². The third-order valence-electron chi connectivity index (χ3n) is 5.39. The topological polar surface area (TPSA) is 188 Å². The van der Waals surface area contributed by atoms with Crippen molar-refractivity contribution in [1.82, 2.24) is 15.2 Å². The molecule has 16 heteroatoms. The molecule has 0 aromatic carbocycles. The Kier molecular flexibility index (Phi) is 8.53. The van der Waals surface area contributed by atoms with Crippen molar-refractivity contribution in [2.75, 3.05) is 23.8 Å². The van der Waals surface area contributed by atoms with Gasteiger partial charge in [-0.3, -0.25) is 14.5 Å². The number of nitrogen functional groups attached to an aromatic ring is 1. The predicted molar refractivity (Wildman–Crippen MR) is 139 cm³/mol. The molecule has 1 fully saturated rings. The number of hydrogen-bond donors (Lipinski definition) is 4. The Morgan fingerprint density at radius 1 is 1.34 bits per heavy atom. The van der Waals surface area contributed by atoms with Gasteiger partial charge >= 0.3 is 11.9 Å². The van der Waals surface area contributed by atoms with Crippen LogP contribution >= 0.6 is 34.9 Å². The molecule has 0 aliphatic carbocycles. The van der Waals surface area contributed by atoms with Crippen LogP contribution in [0.5, 0.6) is 0 Å². The molecule has 200 valence electrons. The molecular weight excluding hydrogens is 556 g/mol. The quantitative estimate of drug-likeness (QED) is 0.0946. The summed E-state index contributed by atoms with van der Waals surface area (Å²) in [6.07, 6.45) is 3.26. The van der Waals surface area contributed by atoms with Gasteiger partial charge in [0.1, 0.15) is 29.4 Å². The summed E-state index contributed by atoms with van der Waals surface area (Å²) in [5, 5.41) is 26.4. The van der Waals surface area contributed by atoms with Gasteiger partial charge in [0.2, 0.25) is 6.54 Å². The fourth-order valence-electron chi connectivity index (χ4n) is 3.71. The van der Waals surface area contributed by atoms with Crippen LogP contribution in [-0.4, -0.2) is 79.1 Å². The van der Waals surface area contributed by atoms with Crippen LogP contribution in [0.1, 0.15) is 12.6 Å². The van der Waals surface area contributed by atoms with Crippen molar-refractivity contribution in [2.45, 2.75) is 29.8 Å². The fourth-order valence-corrected chi connectivity index (χ4v) is 6.62. The lowest BCUT2D eigenvalue weighted by Crippen LogP contribution is -2.71. The highest BCUT2D eigenvalue weighted by Gasteiger charge is 2.54. The molecule has 2 aromatic rings. The normalized spacial score (nSPS) is 19.0. The van der Waals surface area contributed by atoms with Crippen LogP contribution in [0.2, 0.25) is 0 Å². The zero-order valence-corrected chi connectivity index (χ0v) is 22.3. The Morgan fingerprint density at radius 3 is 2.68 bits per heavy atom. The lowest BCUT2D eigenvalue weighted by Gasteiger charge is -2.49. The number of carboxylic acid groups (broad SMARTS) is 2. The highest BCUT2D eigenvalue weighted by Crippen LogP contribution is 2.41. The third-order valence-corrected chi connectivity index (χ3v) is 8.50. The largest absolute Gasteiger partial charge is 0.477 e. The highest BCUT2D eigenvalue weighted by molar-refractivity contribution is 8.01. The molecule has 2 atom stereocenters. The molecule has 0 saturated carbocycles. The lowest BCUT2D eigenvalue weighted by atomic mass is 10.0. The van der Waals surface area contributed by atoms with E-state index in [0.717, 1.165) is 16.2 Å². The maximum absolute atomic E-state index is 13.0. The number of thiazole rings is 1. The number of aromatic nitrogens is 2. The number of fused-ring (bicyclic) bond motifs is 1. The summed E-state index contributed by atoms with van der Waals surface area (Å²) in [7, 11) is 0. The predicted octanol–water partition coefficient (Wildman–Crippen LogP) is 0.369. The summed E-state index contributed by atoms with van der Waals surface area (Å²) in [4.78, 5) is 60.0. The Labute approximate surface area is 228 Å². The summed E-state index contributed by atoms with van der Waals surface area (Å²) in [6.45, 7) is 1.75. The van der Waals surface area contributed by atoms with Gasteiger partial charge < -0.3 is 26.1 Å². The van der Waals surface area contributed by atoms with Crippen LogP contribution in [0.4, 0.5) is 5.13 Å². The van der Waals surface area contributed by atoms with Crippen LogP contribution < -0.4 is 15.6 Å². The molecular formula is C22H23N6O7S3+. The van der Waals surface area contributed by atoms with E-state index in [2.05, 4.69) is 15.5 Å². The Bertz CT molecular complexity index is 1330. The zero-order valence-electron chi connectivity index (χ0n) is 19.9. The van der Waals surface area contributed by atoms with E-state index < -0.39 is 35.2 Å². The molecule has 2 amide bonds. The summed E-state index contributed by atoms with van der Waals surface area (Å²) in [5.74, 6) is -2.74. The van der Waals surface area contributed by atoms with E-state index in [1.807, 2.05) is 0 Å². The number of nitrogens with two attached hydrogens (primary N) is 1. The van der Waals surface area contributed by atoms with E-state index in [0.29, 0.717) is 17.1 Å². The van der Waals surface area contributed by atoms with Gasteiger partial charge in [-0.1, -0.05) is 5.16 Å². The third kappa shape index (κ3) is 5.92. The standard InChI is InChI=1S/C22H22N6O7S3/c1-2-35-26-15(13-10-38-22(23)24-13)18(31)25-16-19(32)28-17(21(33)34)11(9-37-20(16)28)8-36-12-3-5-27(6-4-12)7-14(29)30/h3-6,10,16,20H,2,7-9H2,1H3,(H4-,23,24,25,29,30,31,33,34)/p+1/t16?,20-/m1/s1. The summed E-state index contributed by atoms with van der Waals surface area (Å²) in [6, 6.07) is 2.54. The zero-order chi connectivity index (χ0) is 27.4. The second kappa shape index (κ2) is 11.8. The minimum atomic E-state index is -1.23. The molecule has 4 rings (SSSR count). The molecule has 13 nitrogen and oxygen atoms in total. The summed E-state index contributed by atoms with van der Waals surface area (Å²) < 4.78 is 1.51. The minimum Gasteiger partial charge on any atom is -0.477 e. The molecule has 1 saturated heterocycles. The van der Waals surface area contributed by atoms with Gasteiger partial charge in [0, 0.05) is 33.9 Å². The maximum Gasteiger partial charge on any atom is 0.370 e. The number of nitrogens with one attached hydrogen (secondary N) is 1. The van der Waals surface area contributed by atoms with Gasteiger partial charge in [0.25, 0.3) is 11.8 Å². The van der Waals surface area contributed by atoms with E-state index in [1.165, 1.54) is 33.0 Å². The van der Waals surface area contributed by atoms with Crippen molar-refractivity contribution in [3.63, 3.8) is 0 Å².